The summed E-state index contributed by atoms with van der Waals surface area (Å²) in [7, 11) is 0. The van der Waals surface area contributed by atoms with E-state index >= 15 is 0 Å². The average Bonchev–Trinajstić information content (AvgIpc) is 2.86. The van der Waals surface area contributed by atoms with Crippen molar-refractivity contribution in [1.29, 1.82) is 0 Å². The minimum Gasteiger partial charge on any atom is -0.457 e. The molecular weight excluding hydrogens is 250 g/mol. The van der Waals surface area contributed by atoms with Gasteiger partial charge in [0.2, 0.25) is 0 Å². The third-order valence-corrected chi connectivity index (χ3v) is 3.64. The molecule has 1 saturated carbocycles. The molecule has 1 aliphatic rings. The summed E-state index contributed by atoms with van der Waals surface area (Å²) in [5.74, 6) is 1.62. The van der Waals surface area contributed by atoms with Gasteiger partial charge in [0.1, 0.15) is 11.5 Å². The molecular formula is C17H19NO2. The monoisotopic (exact) mass is 269 g/mol. The first kappa shape index (κ1) is 13.0. The largest absolute Gasteiger partial charge is 0.457 e. The number of hydrogen-bond donors (Lipinski definition) is 2. The summed E-state index contributed by atoms with van der Waals surface area (Å²) in [6.45, 7) is 0. The summed E-state index contributed by atoms with van der Waals surface area (Å²) in [6.07, 6.45) is 2.75. The van der Waals surface area contributed by atoms with Crippen molar-refractivity contribution in [3.63, 3.8) is 0 Å². The first-order valence-electron chi connectivity index (χ1n) is 7.09. The van der Waals surface area contributed by atoms with E-state index < -0.39 is 0 Å². The van der Waals surface area contributed by atoms with E-state index in [1.165, 1.54) is 0 Å². The third-order valence-electron chi connectivity index (χ3n) is 3.64. The molecule has 0 bridgehead atoms. The molecule has 2 aromatic rings. The molecule has 0 spiro atoms. The predicted molar refractivity (Wildman–Crippen MR) is 80.2 cm³/mol. The van der Waals surface area contributed by atoms with E-state index in [4.69, 9.17) is 4.74 Å². The predicted octanol–water partition coefficient (Wildman–Crippen LogP) is 3.80. The van der Waals surface area contributed by atoms with Crippen LogP contribution in [0.3, 0.4) is 0 Å². The van der Waals surface area contributed by atoms with Crippen LogP contribution in [-0.4, -0.2) is 17.3 Å². The lowest BCUT2D eigenvalue weighted by Gasteiger charge is -2.18. The van der Waals surface area contributed by atoms with Gasteiger partial charge in [0.05, 0.1) is 12.1 Å². The van der Waals surface area contributed by atoms with Crippen LogP contribution in [0, 0.1) is 0 Å². The fourth-order valence-corrected chi connectivity index (χ4v) is 2.60. The van der Waals surface area contributed by atoms with Crippen molar-refractivity contribution >= 4 is 5.69 Å². The number of anilines is 1. The Bertz CT molecular complexity index is 556. The van der Waals surface area contributed by atoms with Crippen molar-refractivity contribution in [3.8, 4) is 11.5 Å². The molecule has 1 fully saturated rings. The Kier molecular flexibility index (Phi) is 3.88. The van der Waals surface area contributed by atoms with Gasteiger partial charge in [-0.25, -0.2) is 0 Å². The Labute approximate surface area is 119 Å². The molecule has 20 heavy (non-hydrogen) atoms. The van der Waals surface area contributed by atoms with Gasteiger partial charge in [-0.3, -0.25) is 0 Å². The van der Waals surface area contributed by atoms with Crippen molar-refractivity contribution in [1.82, 2.24) is 0 Å². The van der Waals surface area contributed by atoms with E-state index in [-0.39, 0.29) is 12.1 Å². The molecule has 2 atom stereocenters. The molecule has 2 N–H and O–H groups in total. The van der Waals surface area contributed by atoms with Crippen molar-refractivity contribution in [2.45, 2.75) is 31.4 Å². The zero-order chi connectivity index (χ0) is 13.8. The van der Waals surface area contributed by atoms with Gasteiger partial charge in [-0.05, 0) is 43.5 Å². The highest BCUT2D eigenvalue weighted by Gasteiger charge is 2.24. The summed E-state index contributed by atoms with van der Waals surface area (Å²) in [6, 6.07) is 17.8. The molecule has 2 unspecified atom stereocenters. The number of ether oxygens (including phenoxy) is 1. The van der Waals surface area contributed by atoms with Crippen LogP contribution in [0.2, 0.25) is 0 Å². The SMILES string of the molecule is OC1CCCC1Nc1cccc(Oc2ccccc2)c1. The van der Waals surface area contributed by atoms with Gasteiger partial charge in [-0.1, -0.05) is 24.3 Å². The van der Waals surface area contributed by atoms with E-state index in [1.54, 1.807) is 0 Å². The van der Waals surface area contributed by atoms with Crippen LogP contribution in [0.15, 0.2) is 54.6 Å². The Morgan fingerprint density at radius 1 is 0.950 bits per heavy atom. The van der Waals surface area contributed by atoms with Crippen molar-refractivity contribution < 1.29 is 9.84 Å². The number of aliphatic hydroxyl groups excluding tert-OH is 1. The van der Waals surface area contributed by atoms with Crippen LogP contribution in [-0.2, 0) is 0 Å². The molecule has 0 radical (unpaired) electrons. The van der Waals surface area contributed by atoms with Crippen LogP contribution >= 0.6 is 0 Å². The second kappa shape index (κ2) is 5.97. The number of aliphatic hydroxyl groups is 1. The highest BCUT2D eigenvalue weighted by Crippen LogP contribution is 2.27. The summed E-state index contributed by atoms with van der Waals surface area (Å²) < 4.78 is 5.81. The van der Waals surface area contributed by atoms with Crippen LogP contribution in [0.25, 0.3) is 0 Å². The minimum absolute atomic E-state index is 0.155. The van der Waals surface area contributed by atoms with Crippen LogP contribution in [0.5, 0.6) is 11.5 Å². The maximum Gasteiger partial charge on any atom is 0.129 e. The van der Waals surface area contributed by atoms with Crippen LogP contribution in [0.4, 0.5) is 5.69 Å². The molecule has 0 saturated heterocycles. The average molecular weight is 269 g/mol. The van der Waals surface area contributed by atoms with Crippen molar-refractivity contribution in [2.24, 2.45) is 0 Å². The normalized spacial score (nSPS) is 21.6. The second-order valence-corrected chi connectivity index (χ2v) is 5.19. The van der Waals surface area contributed by atoms with Gasteiger partial charge >= 0.3 is 0 Å². The van der Waals surface area contributed by atoms with Gasteiger partial charge in [0, 0.05) is 11.8 Å². The number of benzene rings is 2. The lowest BCUT2D eigenvalue weighted by molar-refractivity contribution is 0.172. The molecule has 0 aromatic heterocycles. The number of para-hydroxylation sites is 1. The highest BCUT2D eigenvalue weighted by atomic mass is 16.5. The molecule has 3 heteroatoms. The van der Waals surface area contributed by atoms with Gasteiger partial charge in [-0.15, -0.1) is 0 Å². The lowest BCUT2D eigenvalue weighted by atomic mass is 10.2. The van der Waals surface area contributed by atoms with E-state index in [2.05, 4.69) is 5.32 Å². The van der Waals surface area contributed by atoms with Gasteiger partial charge in [0.25, 0.3) is 0 Å². The smallest absolute Gasteiger partial charge is 0.129 e. The molecule has 2 aromatic carbocycles. The second-order valence-electron chi connectivity index (χ2n) is 5.19. The zero-order valence-electron chi connectivity index (χ0n) is 11.3. The Balaban J connectivity index is 1.69. The Morgan fingerprint density at radius 2 is 1.75 bits per heavy atom. The molecule has 3 nitrogen and oxygen atoms in total. The van der Waals surface area contributed by atoms with E-state index in [1.807, 2.05) is 54.6 Å². The summed E-state index contributed by atoms with van der Waals surface area (Å²) in [4.78, 5) is 0. The lowest BCUT2D eigenvalue weighted by Crippen LogP contribution is -2.27. The fourth-order valence-electron chi connectivity index (χ4n) is 2.60. The van der Waals surface area contributed by atoms with Crippen LogP contribution < -0.4 is 10.1 Å². The molecule has 0 amide bonds. The third kappa shape index (κ3) is 3.11. The zero-order valence-corrected chi connectivity index (χ0v) is 11.3. The molecule has 0 heterocycles. The number of nitrogens with one attached hydrogen (secondary N) is 1. The highest BCUT2D eigenvalue weighted by molar-refractivity contribution is 5.50. The molecule has 1 aliphatic carbocycles. The van der Waals surface area contributed by atoms with Crippen molar-refractivity contribution in [3.05, 3.63) is 54.6 Å². The van der Waals surface area contributed by atoms with Gasteiger partial charge < -0.3 is 15.2 Å². The maximum absolute atomic E-state index is 9.86. The van der Waals surface area contributed by atoms with Crippen molar-refractivity contribution in [2.75, 3.05) is 5.32 Å². The summed E-state index contributed by atoms with van der Waals surface area (Å²) >= 11 is 0. The standard InChI is InChI=1S/C17H19NO2/c19-17-11-5-10-16(17)18-13-6-4-9-15(12-13)20-14-7-2-1-3-8-14/h1-4,6-9,12,16-19H,5,10-11H2. The molecule has 0 aliphatic heterocycles. The topological polar surface area (TPSA) is 41.5 Å². The maximum atomic E-state index is 9.86. The quantitative estimate of drug-likeness (QED) is 0.887. The summed E-state index contributed by atoms with van der Waals surface area (Å²) in [5.41, 5.74) is 0.990. The first-order chi connectivity index (χ1) is 9.81. The fraction of sp³-hybridized carbons (Fsp3) is 0.294. The summed E-state index contributed by atoms with van der Waals surface area (Å²) in [5, 5.41) is 13.2. The van der Waals surface area contributed by atoms with Crippen LogP contribution in [0.1, 0.15) is 19.3 Å². The Morgan fingerprint density at radius 3 is 2.50 bits per heavy atom. The molecule has 104 valence electrons. The van der Waals surface area contributed by atoms with Gasteiger partial charge in [0.15, 0.2) is 0 Å². The van der Waals surface area contributed by atoms with E-state index in [9.17, 15) is 5.11 Å². The Hall–Kier alpha value is -2.00. The van der Waals surface area contributed by atoms with E-state index in [0.717, 1.165) is 36.4 Å². The van der Waals surface area contributed by atoms with E-state index in [0.29, 0.717) is 0 Å². The molecule has 3 rings (SSSR count). The number of hydrogen-bond acceptors (Lipinski definition) is 3. The minimum atomic E-state index is -0.242. The number of rotatable bonds is 4. The van der Waals surface area contributed by atoms with Gasteiger partial charge in [-0.2, -0.15) is 0 Å². The first-order valence-corrected chi connectivity index (χ1v) is 7.09.